The molecule has 1 heterocycles. The predicted molar refractivity (Wildman–Crippen MR) is 94.8 cm³/mol. The monoisotopic (exact) mass is 311 g/mol. The molecule has 3 nitrogen and oxygen atoms in total. The van der Waals surface area contributed by atoms with Gasteiger partial charge in [0, 0.05) is 25.4 Å². The molecule has 22 heavy (non-hydrogen) atoms. The fourth-order valence-corrected chi connectivity index (χ4v) is 2.46. The molecule has 0 spiro atoms. The van der Waals surface area contributed by atoms with Crippen molar-refractivity contribution in [3.63, 3.8) is 0 Å². The summed E-state index contributed by atoms with van der Waals surface area (Å²) in [6.45, 7) is 14.9. The van der Waals surface area contributed by atoms with Gasteiger partial charge in [-0.3, -0.25) is 4.79 Å². The molecule has 0 aromatic heterocycles. The number of hydrogen-bond donors (Lipinski definition) is 0. The Bertz CT molecular complexity index is 302. The highest BCUT2D eigenvalue weighted by atomic mass is 16.5. The van der Waals surface area contributed by atoms with Crippen LogP contribution in [0.4, 0.5) is 0 Å². The van der Waals surface area contributed by atoms with Gasteiger partial charge in [0.15, 0.2) is 0 Å². The molecular weight excluding hydrogens is 274 g/mol. The van der Waals surface area contributed by atoms with Crippen molar-refractivity contribution in [1.82, 2.24) is 4.90 Å². The number of hydrogen-bond acceptors (Lipinski definition) is 2. The van der Waals surface area contributed by atoms with Gasteiger partial charge >= 0.3 is 0 Å². The van der Waals surface area contributed by atoms with E-state index in [0.29, 0.717) is 13.0 Å². The fraction of sp³-hybridized carbons (Fsp3) is 0.842. The lowest BCUT2D eigenvalue weighted by atomic mass is 10.1. The van der Waals surface area contributed by atoms with Crippen LogP contribution in [0.15, 0.2) is 12.3 Å². The van der Waals surface area contributed by atoms with Crippen molar-refractivity contribution >= 4 is 5.91 Å². The topological polar surface area (TPSA) is 29.5 Å². The molecule has 1 saturated heterocycles. The first kappa shape index (κ1) is 21.0. The van der Waals surface area contributed by atoms with Crippen molar-refractivity contribution in [3.8, 4) is 0 Å². The highest BCUT2D eigenvalue weighted by Crippen LogP contribution is 2.25. The second-order valence-corrected chi connectivity index (χ2v) is 6.18. The maximum absolute atomic E-state index is 11.9. The molecule has 1 aliphatic rings. The van der Waals surface area contributed by atoms with Crippen LogP contribution in [-0.2, 0) is 9.53 Å². The van der Waals surface area contributed by atoms with Crippen LogP contribution in [0.2, 0.25) is 0 Å². The SMILES string of the molecule is C=C(OCCC)C1CC(=O)N(CCCCCCC)C1.CCC. The van der Waals surface area contributed by atoms with Gasteiger partial charge in [0.05, 0.1) is 12.4 Å². The molecule has 1 amide bonds. The molecule has 1 atom stereocenters. The van der Waals surface area contributed by atoms with E-state index in [2.05, 4.69) is 34.3 Å². The molecule has 1 unspecified atom stereocenters. The zero-order chi connectivity index (χ0) is 16.8. The van der Waals surface area contributed by atoms with Crippen LogP contribution in [0.25, 0.3) is 0 Å². The highest BCUT2D eigenvalue weighted by molar-refractivity contribution is 5.79. The number of rotatable bonds is 10. The van der Waals surface area contributed by atoms with Gasteiger partial charge in [-0.1, -0.05) is 66.4 Å². The van der Waals surface area contributed by atoms with E-state index in [1.807, 2.05) is 4.90 Å². The molecule has 1 fully saturated rings. The Morgan fingerprint density at radius 3 is 2.36 bits per heavy atom. The molecule has 0 radical (unpaired) electrons. The molecular formula is C19H37NO2. The van der Waals surface area contributed by atoms with Crippen LogP contribution in [0.3, 0.4) is 0 Å². The smallest absolute Gasteiger partial charge is 0.223 e. The van der Waals surface area contributed by atoms with Crippen molar-refractivity contribution in [2.45, 2.75) is 79.1 Å². The Labute approximate surface area is 138 Å². The maximum atomic E-state index is 11.9. The molecule has 3 heteroatoms. The average molecular weight is 312 g/mol. The summed E-state index contributed by atoms with van der Waals surface area (Å²) in [4.78, 5) is 13.9. The third kappa shape index (κ3) is 9.11. The van der Waals surface area contributed by atoms with Crippen LogP contribution in [0.5, 0.6) is 0 Å². The number of likely N-dealkylation sites (tertiary alicyclic amines) is 1. The van der Waals surface area contributed by atoms with E-state index in [9.17, 15) is 4.79 Å². The number of unbranched alkanes of at least 4 members (excludes halogenated alkanes) is 4. The summed E-state index contributed by atoms with van der Waals surface area (Å²) in [6.07, 6.45) is 9.03. The predicted octanol–water partition coefficient (Wildman–Crippen LogP) is 5.16. The standard InChI is InChI=1S/C16H29NO2.C3H8/c1-4-6-7-8-9-10-17-13-15(12-16(17)18)14(3)19-11-5-2;1-3-2/h15H,3-13H2,1-2H3;3H2,1-2H3. The minimum atomic E-state index is 0.203. The Morgan fingerprint density at radius 2 is 1.77 bits per heavy atom. The summed E-state index contributed by atoms with van der Waals surface area (Å²) in [5.74, 6) is 1.26. The summed E-state index contributed by atoms with van der Waals surface area (Å²) in [7, 11) is 0. The minimum Gasteiger partial charge on any atom is -0.498 e. The lowest BCUT2D eigenvalue weighted by molar-refractivity contribution is -0.127. The van der Waals surface area contributed by atoms with Gasteiger partial charge in [-0.25, -0.2) is 0 Å². The Hall–Kier alpha value is -0.990. The lowest BCUT2D eigenvalue weighted by Crippen LogP contribution is -2.26. The largest absolute Gasteiger partial charge is 0.498 e. The summed E-state index contributed by atoms with van der Waals surface area (Å²) in [5, 5.41) is 0. The van der Waals surface area contributed by atoms with Gasteiger partial charge in [-0.05, 0) is 12.8 Å². The molecule has 1 rings (SSSR count). The molecule has 0 saturated carbocycles. The number of amides is 1. The normalized spacial score (nSPS) is 17.2. The van der Waals surface area contributed by atoms with E-state index in [1.165, 1.54) is 32.1 Å². The van der Waals surface area contributed by atoms with E-state index in [1.54, 1.807) is 0 Å². The van der Waals surface area contributed by atoms with Crippen molar-refractivity contribution in [3.05, 3.63) is 12.3 Å². The molecule has 0 N–H and O–H groups in total. The summed E-state index contributed by atoms with van der Waals surface area (Å²) >= 11 is 0. The maximum Gasteiger partial charge on any atom is 0.223 e. The Balaban J connectivity index is 0.00000135. The zero-order valence-electron chi connectivity index (χ0n) is 15.3. The molecule has 1 aliphatic heterocycles. The first-order chi connectivity index (χ1) is 10.6. The van der Waals surface area contributed by atoms with E-state index < -0.39 is 0 Å². The van der Waals surface area contributed by atoms with E-state index in [-0.39, 0.29) is 11.8 Å². The average Bonchev–Trinajstić information content (AvgIpc) is 2.87. The fourth-order valence-electron chi connectivity index (χ4n) is 2.46. The van der Waals surface area contributed by atoms with Crippen molar-refractivity contribution in [2.75, 3.05) is 19.7 Å². The number of nitrogens with zero attached hydrogens (tertiary/aromatic N) is 1. The van der Waals surface area contributed by atoms with E-state index >= 15 is 0 Å². The van der Waals surface area contributed by atoms with Gasteiger partial charge in [0.1, 0.15) is 0 Å². The van der Waals surface area contributed by atoms with Gasteiger partial charge in [-0.15, -0.1) is 0 Å². The van der Waals surface area contributed by atoms with Crippen LogP contribution >= 0.6 is 0 Å². The van der Waals surface area contributed by atoms with Crippen molar-refractivity contribution in [1.29, 1.82) is 0 Å². The summed E-state index contributed by atoms with van der Waals surface area (Å²) in [6, 6.07) is 0. The van der Waals surface area contributed by atoms with Crippen LogP contribution in [0.1, 0.15) is 79.1 Å². The second kappa shape index (κ2) is 13.7. The van der Waals surface area contributed by atoms with Gasteiger partial charge in [-0.2, -0.15) is 0 Å². The molecule has 0 aromatic rings. The van der Waals surface area contributed by atoms with Gasteiger partial charge in [0.2, 0.25) is 5.91 Å². The first-order valence-corrected chi connectivity index (χ1v) is 9.19. The van der Waals surface area contributed by atoms with E-state index in [0.717, 1.165) is 31.7 Å². The Kier molecular flexibility index (Phi) is 13.0. The molecule has 0 aromatic carbocycles. The van der Waals surface area contributed by atoms with Gasteiger partial charge in [0.25, 0.3) is 0 Å². The highest BCUT2D eigenvalue weighted by Gasteiger charge is 2.31. The number of ether oxygens (including phenoxy) is 1. The van der Waals surface area contributed by atoms with Crippen LogP contribution in [0, 0.1) is 5.92 Å². The van der Waals surface area contributed by atoms with Crippen LogP contribution < -0.4 is 0 Å². The summed E-state index contributed by atoms with van der Waals surface area (Å²) < 4.78 is 5.56. The minimum absolute atomic E-state index is 0.203. The second-order valence-electron chi connectivity index (χ2n) is 6.18. The molecule has 130 valence electrons. The van der Waals surface area contributed by atoms with Gasteiger partial charge < -0.3 is 9.64 Å². The summed E-state index contributed by atoms with van der Waals surface area (Å²) in [5.41, 5.74) is 0. The van der Waals surface area contributed by atoms with E-state index in [4.69, 9.17) is 4.74 Å². The third-order valence-electron chi connectivity index (χ3n) is 3.69. The molecule has 0 bridgehead atoms. The van der Waals surface area contributed by atoms with Crippen LogP contribution in [-0.4, -0.2) is 30.5 Å². The van der Waals surface area contributed by atoms with Crippen molar-refractivity contribution in [2.24, 2.45) is 5.92 Å². The zero-order valence-corrected chi connectivity index (χ0v) is 15.3. The third-order valence-corrected chi connectivity index (χ3v) is 3.69. The number of carbonyl (C=O) groups excluding carboxylic acids is 1. The first-order valence-electron chi connectivity index (χ1n) is 9.19. The molecule has 0 aliphatic carbocycles. The quantitative estimate of drug-likeness (QED) is 0.412. The van der Waals surface area contributed by atoms with Crippen molar-refractivity contribution < 1.29 is 9.53 Å². The number of carbonyl (C=O) groups is 1. The lowest BCUT2D eigenvalue weighted by Gasteiger charge is -2.17. The Morgan fingerprint density at radius 1 is 1.14 bits per heavy atom.